The molecule has 0 aliphatic rings. The number of nitrogens with zero attached hydrogens (tertiary/aromatic N) is 2. The Morgan fingerprint density at radius 3 is 2.69 bits per heavy atom. The second kappa shape index (κ2) is 6.83. The van der Waals surface area contributed by atoms with E-state index in [4.69, 9.17) is 4.74 Å². The Hall–Kier alpha value is -3.42. The number of nitrogens with one attached hydrogen (secondary N) is 2. The molecule has 1 aromatic carbocycles. The Morgan fingerprint density at radius 2 is 2.00 bits per heavy atom. The number of hydrogen-bond acceptors (Lipinski definition) is 5. The molecule has 3 aromatic rings. The maximum atomic E-state index is 12.1. The molecule has 8 nitrogen and oxygen atoms in total. The van der Waals surface area contributed by atoms with Gasteiger partial charge >= 0.3 is 5.97 Å². The van der Waals surface area contributed by atoms with Crippen molar-refractivity contribution in [2.75, 3.05) is 11.9 Å². The van der Waals surface area contributed by atoms with Crippen LogP contribution in [0, 0.1) is 13.8 Å². The number of aromatic nitrogens is 3. The summed E-state index contributed by atoms with van der Waals surface area (Å²) in [6.45, 7) is 3.12. The summed E-state index contributed by atoms with van der Waals surface area (Å²) in [5.41, 5.74) is 2.28. The molecule has 0 fully saturated rings. The third-order valence-corrected chi connectivity index (χ3v) is 4.07. The van der Waals surface area contributed by atoms with Gasteiger partial charge in [-0.25, -0.2) is 4.79 Å². The van der Waals surface area contributed by atoms with Gasteiger partial charge in [0, 0.05) is 24.0 Å². The van der Waals surface area contributed by atoms with Gasteiger partial charge in [0.05, 0.1) is 17.1 Å². The summed E-state index contributed by atoms with van der Waals surface area (Å²) in [5.74, 6) is -1.26. The van der Waals surface area contributed by atoms with Crippen molar-refractivity contribution in [2.45, 2.75) is 13.8 Å². The molecule has 0 saturated carbocycles. The van der Waals surface area contributed by atoms with E-state index in [0.717, 1.165) is 11.8 Å². The van der Waals surface area contributed by atoms with Crippen molar-refractivity contribution in [2.24, 2.45) is 7.05 Å². The van der Waals surface area contributed by atoms with Crippen LogP contribution in [-0.4, -0.2) is 33.2 Å². The smallest absolute Gasteiger partial charge is 0.355 e. The fourth-order valence-corrected chi connectivity index (χ4v) is 2.65. The number of amides is 1. The first kappa shape index (κ1) is 17.4. The second-order valence-electron chi connectivity index (χ2n) is 5.89. The lowest BCUT2D eigenvalue weighted by molar-refractivity contribution is -0.119. The van der Waals surface area contributed by atoms with E-state index in [0.29, 0.717) is 22.3 Å². The number of aryl methyl sites for hydroxylation is 2. The molecule has 2 heterocycles. The molecular formula is C18H18N4O4. The molecular weight excluding hydrogens is 336 g/mol. The molecule has 0 unspecified atom stereocenters. The maximum Gasteiger partial charge on any atom is 0.355 e. The van der Waals surface area contributed by atoms with Crippen molar-refractivity contribution in [3.8, 4) is 0 Å². The molecule has 3 rings (SSSR count). The molecule has 134 valence electrons. The first-order valence-corrected chi connectivity index (χ1v) is 7.96. The van der Waals surface area contributed by atoms with Gasteiger partial charge in [-0.15, -0.1) is 0 Å². The highest BCUT2D eigenvalue weighted by atomic mass is 16.5. The van der Waals surface area contributed by atoms with Gasteiger partial charge in [-0.3, -0.25) is 14.3 Å². The molecule has 0 aliphatic heterocycles. The number of hydrogen-bond donors (Lipinski definition) is 2. The number of pyridine rings is 1. The molecule has 1 amide bonds. The molecule has 0 saturated heterocycles. The molecule has 0 aliphatic carbocycles. The molecule has 26 heavy (non-hydrogen) atoms. The Labute approximate surface area is 148 Å². The summed E-state index contributed by atoms with van der Waals surface area (Å²) < 4.78 is 6.65. The number of esters is 1. The van der Waals surface area contributed by atoms with Gasteiger partial charge in [0.25, 0.3) is 5.91 Å². The minimum absolute atomic E-state index is 0.00441. The lowest BCUT2D eigenvalue weighted by atomic mass is 10.2. The SMILES string of the molecule is Cc1nn(C)c(C)c1NC(=O)COC(=O)c1cc(=O)c2ccccc2[nH]1. The zero-order valence-electron chi connectivity index (χ0n) is 14.6. The summed E-state index contributed by atoms with van der Waals surface area (Å²) in [6.07, 6.45) is 0. The van der Waals surface area contributed by atoms with Crippen molar-refractivity contribution < 1.29 is 14.3 Å². The van der Waals surface area contributed by atoms with Gasteiger partial charge in [-0.05, 0) is 26.0 Å². The number of carbonyl (C=O) groups is 2. The molecule has 0 radical (unpaired) electrons. The highest BCUT2D eigenvalue weighted by molar-refractivity contribution is 5.96. The van der Waals surface area contributed by atoms with Gasteiger partial charge in [-0.1, -0.05) is 12.1 Å². The lowest BCUT2D eigenvalue weighted by Gasteiger charge is -2.07. The number of H-pyrrole nitrogens is 1. The van der Waals surface area contributed by atoms with Crippen LogP contribution in [0.1, 0.15) is 21.9 Å². The maximum absolute atomic E-state index is 12.1. The summed E-state index contributed by atoms with van der Waals surface area (Å²) in [6, 6.07) is 8.00. The number of aromatic amines is 1. The van der Waals surface area contributed by atoms with Crippen molar-refractivity contribution in [1.29, 1.82) is 0 Å². The van der Waals surface area contributed by atoms with Gasteiger partial charge in [0.15, 0.2) is 12.0 Å². The van der Waals surface area contributed by atoms with Gasteiger partial charge in [0.2, 0.25) is 0 Å². The molecule has 8 heteroatoms. The number of rotatable bonds is 4. The third-order valence-electron chi connectivity index (χ3n) is 4.07. The molecule has 0 bridgehead atoms. The van der Waals surface area contributed by atoms with Crippen molar-refractivity contribution in [3.05, 3.63) is 57.6 Å². The topological polar surface area (TPSA) is 106 Å². The summed E-state index contributed by atoms with van der Waals surface area (Å²) in [5, 5.41) is 7.35. The average Bonchev–Trinajstić information content (AvgIpc) is 2.86. The van der Waals surface area contributed by atoms with E-state index in [1.807, 2.05) is 6.92 Å². The molecule has 0 atom stereocenters. The van der Waals surface area contributed by atoms with Gasteiger partial charge < -0.3 is 15.0 Å². The van der Waals surface area contributed by atoms with Crippen LogP contribution in [0.5, 0.6) is 0 Å². The van der Waals surface area contributed by atoms with Crippen molar-refractivity contribution in [3.63, 3.8) is 0 Å². The Balaban J connectivity index is 1.69. The van der Waals surface area contributed by atoms with Crippen LogP contribution >= 0.6 is 0 Å². The van der Waals surface area contributed by atoms with Crippen LogP contribution in [0.2, 0.25) is 0 Å². The summed E-state index contributed by atoms with van der Waals surface area (Å²) in [4.78, 5) is 39.1. The predicted molar refractivity (Wildman–Crippen MR) is 96.2 cm³/mol. The molecule has 2 N–H and O–H groups in total. The minimum atomic E-state index is -0.775. The predicted octanol–water partition coefficient (Wildman–Crippen LogP) is 1.67. The van der Waals surface area contributed by atoms with Gasteiger partial charge in [0.1, 0.15) is 5.69 Å². The number of para-hydroxylation sites is 1. The van der Waals surface area contributed by atoms with Crippen LogP contribution < -0.4 is 10.7 Å². The van der Waals surface area contributed by atoms with Crippen molar-refractivity contribution >= 4 is 28.5 Å². The number of fused-ring (bicyclic) bond motifs is 1. The Bertz CT molecular complexity index is 1060. The quantitative estimate of drug-likeness (QED) is 0.693. The number of ether oxygens (including phenoxy) is 1. The number of benzene rings is 1. The van der Waals surface area contributed by atoms with E-state index in [1.54, 1.807) is 42.9 Å². The van der Waals surface area contributed by atoms with Crippen LogP contribution in [0.3, 0.4) is 0 Å². The van der Waals surface area contributed by atoms with Crippen LogP contribution in [0.4, 0.5) is 5.69 Å². The monoisotopic (exact) mass is 354 g/mol. The van der Waals surface area contributed by atoms with E-state index in [2.05, 4.69) is 15.4 Å². The average molecular weight is 354 g/mol. The fourth-order valence-electron chi connectivity index (χ4n) is 2.65. The largest absolute Gasteiger partial charge is 0.451 e. The van der Waals surface area contributed by atoms with E-state index < -0.39 is 18.5 Å². The van der Waals surface area contributed by atoms with Crippen LogP contribution in [-0.2, 0) is 16.6 Å². The number of anilines is 1. The minimum Gasteiger partial charge on any atom is -0.451 e. The Morgan fingerprint density at radius 1 is 1.27 bits per heavy atom. The Kier molecular flexibility index (Phi) is 4.57. The first-order valence-electron chi connectivity index (χ1n) is 7.96. The lowest BCUT2D eigenvalue weighted by Crippen LogP contribution is -2.22. The highest BCUT2D eigenvalue weighted by Gasteiger charge is 2.16. The van der Waals surface area contributed by atoms with Crippen LogP contribution in [0.15, 0.2) is 35.1 Å². The van der Waals surface area contributed by atoms with E-state index >= 15 is 0 Å². The first-order chi connectivity index (χ1) is 12.4. The van der Waals surface area contributed by atoms with Gasteiger partial charge in [-0.2, -0.15) is 5.10 Å². The van der Waals surface area contributed by atoms with E-state index in [9.17, 15) is 14.4 Å². The normalized spacial score (nSPS) is 10.7. The number of carbonyl (C=O) groups excluding carboxylic acids is 2. The van der Waals surface area contributed by atoms with Crippen LogP contribution in [0.25, 0.3) is 10.9 Å². The van der Waals surface area contributed by atoms with E-state index in [1.165, 1.54) is 0 Å². The molecule has 2 aromatic heterocycles. The molecule has 0 spiro atoms. The third kappa shape index (κ3) is 3.34. The second-order valence-corrected chi connectivity index (χ2v) is 5.89. The van der Waals surface area contributed by atoms with E-state index in [-0.39, 0.29) is 11.1 Å². The summed E-state index contributed by atoms with van der Waals surface area (Å²) >= 11 is 0. The summed E-state index contributed by atoms with van der Waals surface area (Å²) in [7, 11) is 1.77. The highest BCUT2D eigenvalue weighted by Crippen LogP contribution is 2.18. The van der Waals surface area contributed by atoms with Crippen molar-refractivity contribution in [1.82, 2.24) is 14.8 Å². The zero-order valence-corrected chi connectivity index (χ0v) is 14.6. The standard InChI is InChI=1S/C18H18N4O4/c1-10-17(11(2)22(3)21-10)20-16(24)9-26-18(25)14-8-15(23)12-6-4-5-7-13(12)19-14/h4-8H,9H2,1-3H3,(H,19,23)(H,20,24). The zero-order chi connectivity index (χ0) is 18.8. The fraction of sp³-hybridized carbons (Fsp3) is 0.222.